The van der Waals surface area contributed by atoms with Gasteiger partial charge in [-0.25, -0.2) is 9.78 Å². The van der Waals surface area contributed by atoms with Gasteiger partial charge in [0.25, 0.3) is 0 Å². The van der Waals surface area contributed by atoms with Crippen LogP contribution in [0.2, 0.25) is 0 Å². The molecule has 0 saturated heterocycles. The fourth-order valence-corrected chi connectivity index (χ4v) is 1.28. The third-order valence-corrected chi connectivity index (χ3v) is 1.99. The molecule has 0 fully saturated rings. The maximum Gasteiger partial charge on any atom is 0.348 e. The molecule has 0 unspecified atom stereocenters. The highest BCUT2D eigenvalue weighted by atomic mass is 16.1. The molecule has 0 atom stereocenters. The fraction of sp³-hybridized carbons (Fsp3) is 0.444. The summed E-state index contributed by atoms with van der Waals surface area (Å²) in [7, 11) is 0. The zero-order valence-electron chi connectivity index (χ0n) is 8.66. The predicted octanol–water partition coefficient (Wildman–Crippen LogP) is 0.714. The monoisotopic (exact) mass is 207 g/mol. The minimum atomic E-state index is -0.388. The molecule has 0 saturated carbocycles. The van der Waals surface area contributed by atoms with E-state index in [9.17, 15) is 4.79 Å². The van der Waals surface area contributed by atoms with Crippen molar-refractivity contribution in [2.24, 2.45) is 5.92 Å². The number of H-pyrrole nitrogens is 2. The van der Waals surface area contributed by atoms with Crippen LogP contribution in [0.25, 0.3) is 11.2 Å². The van der Waals surface area contributed by atoms with Crippen molar-refractivity contribution < 1.29 is 0 Å². The Kier molecular flexibility index (Phi) is 2.40. The number of imidazole rings is 1. The Balaban J connectivity index is 2.40. The molecule has 0 radical (unpaired) electrons. The number of anilines is 1. The standard InChI is InChI=1S/C9H13N5O/c1-5(2)3-10-7-6-8(12-4-11-6)14-9(15)13-7/h4-5H,3H2,1-2H3,(H3,10,11,12,13,14,15). The normalized spacial score (nSPS) is 11.1. The van der Waals surface area contributed by atoms with Gasteiger partial charge in [0.1, 0.15) is 5.52 Å². The zero-order valence-corrected chi connectivity index (χ0v) is 8.66. The van der Waals surface area contributed by atoms with Gasteiger partial charge in [0.15, 0.2) is 11.5 Å². The Morgan fingerprint density at radius 3 is 3.07 bits per heavy atom. The highest BCUT2D eigenvalue weighted by Crippen LogP contribution is 2.12. The summed E-state index contributed by atoms with van der Waals surface area (Å²) in [6.07, 6.45) is 1.53. The Labute approximate surface area is 86.2 Å². The minimum absolute atomic E-state index is 0.388. The molecule has 0 bridgehead atoms. The second-order valence-corrected chi connectivity index (χ2v) is 3.79. The van der Waals surface area contributed by atoms with E-state index in [0.29, 0.717) is 17.4 Å². The lowest BCUT2D eigenvalue weighted by Crippen LogP contribution is -2.16. The summed E-state index contributed by atoms with van der Waals surface area (Å²) in [5, 5.41) is 3.11. The third kappa shape index (κ3) is 1.98. The van der Waals surface area contributed by atoms with Gasteiger partial charge >= 0.3 is 5.69 Å². The first-order chi connectivity index (χ1) is 7.16. The number of aromatic amines is 2. The molecule has 0 aromatic carbocycles. The molecule has 3 N–H and O–H groups in total. The largest absolute Gasteiger partial charge is 0.368 e. The van der Waals surface area contributed by atoms with Crippen molar-refractivity contribution in [2.45, 2.75) is 13.8 Å². The number of rotatable bonds is 3. The summed E-state index contributed by atoms with van der Waals surface area (Å²) in [6.45, 7) is 4.94. The van der Waals surface area contributed by atoms with Gasteiger partial charge in [-0.05, 0) is 5.92 Å². The summed E-state index contributed by atoms with van der Waals surface area (Å²) in [4.78, 5) is 24.5. The fourth-order valence-electron chi connectivity index (χ4n) is 1.28. The van der Waals surface area contributed by atoms with Crippen LogP contribution in [0.1, 0.15) is 13.8 Å². The first-order valence-corrected chi connectivity index (χ1v) is 4.84. The lowest BCUT2D eigenvalue weighted by atomic mass is 10.2. The van der Waals surface area contributed by atoms with E-state index in [1.165, 1.54) is 6.33 Å². The number of hydrogen-bond donors (Lipinski definition) is 3. The average Bonchev–Trinajstić information content (AvgIpc) is 2.61. The Morgan fingerprint density at radius 1 is 1.53 bits per heavy atom. The van der Waals surface area contributed by atoms with Crippen molar-refractivity contribution in [1.29, 1.82) is 0 Å². The van der Waals surface area contributed by atoms with Gasteiger partial charge in [0, 0.05) is 6.54 Å². The van der Waals surface area contributed by atoms with E-state index in [-0.39, 0.29) is 5.69 Å². The topological polar surface area (TPSA) is 86.5 Å². The van der Waals surface area contributed by atoms with Gasteiger partial charge in [-0.3, -0.25) is 4.98 Å². The van der Waals surface area contributed by atoms with Gasteiger partial charge in [-0.1, -0.05) is 13.8 Å². The predicted molar refractivity (Wildman–Crippen MR) is 57.8 cm³/mol. The van der Waals surface area contributed by atoms with E-state index in [1.54, 1.807) is 0 Å². The van der Waals surface area contributed by atoms with Crippen LogP contribution in [0, 0.1) is 5.92 Å². The maximum atomic E-state index is 11.2. The van der Waals surface area contributed by atoms with Gasteiger partial charge in [0.2, 0.25) is 0 Å². The van der Waals surface area contributed by atoms with Crippen LogP contribution in [0.5, 0.6) is 0 Å². The first-order valence-electron chi connectivity index (χ1n) is 4.84. The third-order valence-electron chi connectivity index (χ3n) is 1.99. The lowest BCUT2D eigenvalue weighted by molar-refractivity contribution is 0.687. The van der Waals surface area contributed by atoms with Crippen LogP contribution in [0.15, 0.2) is 11.1 Å². The zero-order chi connectivity index (χ0) is 10.8. The van der Waals surface area contributed by atoms with E-state index in [1.807, 2.05) is 0 Å². The summed E-state index contributed by atoms with van der Waals surface area (Å²) >= 11 is 0. The van der Waals surface area contributed by atoms with Gasteiger partial charge in [-0.15, -0.1) is 0 Å². The average molecular weight is 207 g/mol. The van der Waals surface area contributed by atoms with Crippen molar-refractivity contribution in [3.8, 4) is 0 Å². The van der Waals surface area contributed by atoms with Crippen LogP contribution < -0.4 is 11.0 Å². The smallest absolute Gasteiger partial charge is 0.348 e. The van der Waals surface area contributed by atoms with Gasteiger partial charge < -0.3 is 10.3 Å². The van der Waals surface area contributed by atoms with Crippen LogP contribution >= 0.6 is 0 Å². The van der Waals surface area contributed by atoms with Crippen molar-refractivity contribution in [2.75, 3.05) is 11.9 Å². The van der Waals surface area contributed by atoms with Crippen LogP contribution in [-0.2, 0) is 0 Å². The molecule has 6 heteroatoms. The number of nitrogens with zero attached hydrogens (tertiary/aromatic N) is 2. The second kappa shape index (κ2) is 3.72. The van der Waals surface area contributed by atoms with E-state index in [2.05, 4.69) is 39.1 Å². The Morgan fingerprint density at radius 2 is 2.33 bits per heavy atom. The van der Waals surface area contributed by atoms with Crippen molar-refractivity contribution in [3.63, 3.8) is 0 Å². The Bertz CT molecular complexity index is 512. The van der Waals surface area contributed by atoms with Crippen molar-refractivity contribution in [3.05, 3.63) is 16.8 Å². The summed E-state index contributed by atoms with van der Waals surface area (Å²) in [6, 6.07) is 0. The van der Waals surface area contributed by atoms with E-state index in [0.717, 1.165) is 12.1 Å². The minimum Gasteiger partial charge on any atom is -0.368 e. The molecule has 2 aromatic heterocycles. The summed E-state index contributed by atoms with van der Waals surface area (Å²) in [5.41, 5.74) is 0.873. The summed E-state index contributed by atoms with van der Waals surface area (Å²) < 4.78 is 0. The lowest BCUT2D eigenvalue weighted by Gasteiger charge is -2.07. The quantitative estimate of drug-likeness (QED) is 0.692. The van der Waals surface area contributed by atoms with Crippen LogP contribution in [0.3, 0.4) is 0 Å². The van der Waals surface area contributed by atoms with Crippen molar-refractivity contribution in [1.82, 2.24) is 19.9 Å². The number of aromatic nitrogens is 4. The second-order valence-electron chi connectivity index (χ2n) is 3.79. The molecule has 0 amide bonds. The van der Waals surface area contributed by atoms with E-state index >= 15 is 0 Å². The molecule has 6 nitrogen and oxygen atoms in total. The summed E-state index contributed by atoms with van der Waals surface area (Å²) in [5.74, 6) is 1.05. The molecule has 2 heterocycles. The molecule has 2 aromatic rings. The molecular weight excluding hydrogens is 194 g/mol. The molecule has 15 heavy (non-hydrogen) atoms. The SMILES string of the molecule is CC(C)CNc1nc(=O)[nH]c2nc[nH]c12. The molecule has 0 aliphatic carbocycles. The first kappa shape index (κ1) is 9.70. The van der Waals surface area contributed by atoms with E-state index < -0.39 is 0 Å². The maximum absolute atomic E-state index is 11.2. The molecule has 0 spiro atoms. The van der Waals surface area contributed by atoms with Gasteiger partial charge in [0.05, 0.1) is 6.33 Å². The van der Waals surface area contributed by atoms with E-state index in [4.69, 9.17) is 0 Å². The highest BCUT2D eigenvalue weighted by Gasteiger charge is 2.06. The number of fused-ring (bicyclic) bond motifs is 1. The molecule has 0 aliphatic rings. The van der Waals surface area contributed by atoms with Crippen LogP contribution in [-0.4, -0.2) is 26.5 Å². The molecule has 0 aliphatic heterocycles. The van der Waals surface area contributed by atoms with Crippen LogP contribution in [0.4, 0.5) is 5.82 Å². The van der Waals surface area contributed by atoms with Gasteiger partial charge in [-0.2, -0.15) is 4.98 Å². The Hall–Kier alpha value is -1.85. The molecule has 80 valence electrons. The number of nitrogens with one attached hydrogen (secondary N) is 3. The number of hydrogen-bond acceptors (Lipinski definition) is 4. The highest BCUT2D eigenvalue weighted by molar-refractivity contribution is 5.81. The molecular formula is C9H13N5O. The van der Waals surface area contributed by atoms with Crippen molar-refractivity contribution >= 4 is 17.0 Å². The molecule has 2 rings (SSSR count).